The van der Waals surface area contributed by atoms with Gasteiger partial charge in [-0.25, -0.2) is 13.2 Å². The second-order valence-electron chi connectivity index (χ2n) is 8.91. The molecular formula is C27H25N5O5S2. The van der Waals surface area contributed by atoms with E-state index in [-0.39, 0.29) is 17.3 Å². The molecule has 0 spiro atoms. The van der Waals surface area contributed by atoms with Gasteiger partial charge in [0.1, 0.15) is 11.8 Å². The lowest BCUT2D eigenvalue weighted by molar-refractivity contribution is 0.0697. The molecule has 1 aliphatic heterocycles. The van der Waals surface area contributed by atoms with E-state index in [4.69, 9.17) is 17.0 Å². The van der Waals surface area contributed by atoms with Crippen LogP contribution in [0.25, 0.3) is 5.69 Å². The van der Waals surface area contributed by atoms with E-state index in [9.17, 15) is 18.3 Å². The molecule has 10 nitrogen and oxygen atoms in total. The molecule has 12 heteroatoms. The van der Waals surface area contributed by atoms with Crippen molar-refractivity contribution in [2.75, 3.05) is 23.0 Å². The largest absolute Gasteiger partial charge is 0.495 e. The molecule has 3 N–H and O–H groups in total. The summed E-state index contributed by atoms with van der Waals surface area (Å²) in [6, 6.07) is 20.4. The van der Waals surface area contributed by atoms with Gasteiger partial charge >= 0.3 is 5.97 Å². The van der Waals surface area contributed by atoms with Gasteiger partial charge in [0.2, 0.25) is 10.0 Å². The SMILES string of the molecule is COc1ccc(N2C(=S)N[C@H](c3ccccn3)[C@H]2c2cccn2-c2cccc(C(=O)O)c2)cc1NS(C)(=O)=O. The van der Waals surface area contributed by atoms with Gasteiger partial charge in [0.15, 0.2) is 5.11 Å². The predicted molar refractivity (Wildman–Crippen MR) is 152 cm³/mol. The Morgan fingerprint density at radius 2 is 1.90 bits per heavy atom. The summed E-state index contributed by atoms with van der Waals surface area (Å²) in [5.74, 6) is -0.666. The van der Waals surface area contributed by atoms with E-state index in [0.29, 0.717) is 22.2 Å². The number of aromatic nitrogens is 2. The second-order valence-corrected chi connectivity index (χ2v) is 11.0. The number of carboxylic acid groups (broad SMARTS) is 1. The quantitative estimate of drug-likeness (QED) is 0.271. The number of aromatic carboxylic acids is 1. The number of thiocarbonyl (C=S) groups is 1. The number of pyridine rings is 1. The van der Waals surface area contributed by atoms with Gasteiger partial charge in [-0.1, -0.05) is 12.1 Å². The van der Waals surface area contributed by atoms with Crippen molar-refractivity contribution in [3.63, 3.8) is 0 Å². The molecule has 39 heavy (non-hydrogen) atoms. The monoisotopic (exact) mass is 563 g/mol. The number of methoxy groups -OCH3 is 1. The minimum atomic E-state index is -3.59. The molecule has 5 rings (SSSR count). The summed E-state index contributed by atoms with van der Waals surface area (Å²) in [6.07, 6.45) is 4.63. The number of benzene rings is 2. The fourth-order valence-corrected chi connectivity index (χ4v) is 5.62. The Hall–Kier alpha value is -4.42. The van der Waals surface area contributed by atoms with Crippen LogP contribution in [0, 0.1) is 0 Å². The lowest BCUT2D eigenvalue weighted by atomic mass is 10.0. The van der Waals surface area contributed by atoms with Crippen LogP contribution in [-0.4, -0.2) is 47.5 Å². The van der Waals surface area contributed by atoms with Crippen LogP contribution in [0.15, 0.2) is 85.2 Å². The number of ether oxygens (including phenoxy) is 1. The first-order chi connectivity index (χ1) is 18.7. The number of hydrogen-bond acceptors (Lipinski definition) is 6. The van der Waals surface area contributed by atoms with Crippen molar-refractivity contribution in [2.45, 2.75) is 12.1 Å². The maximum Gasteiger partial charge on any atom is 0.335 e. The molecule has 1 saturated heterocycles. The van der Waals surface area contributed by atoms with Crippen LogP contribution in [0.3, 0.4) is 0 Å². The molecule has 1 fully saturated rings. The molecule has 0 unspecified atom stereocenters. The van der Waals surface area contributed by atoms with Gasteiger partial charge in [-0.2, -0.15) is 0 Å². The van der Waals surface area contributed by atoms with E-state index in [1.807, 2.05) is 52.1 Å². The first-order valence-corrected chi connectivity index (χ1v) is 14.1. The standard InChI is InChI=1S/C27H25N5O5S2/c1-37-23-12-11-19(16-21(23)30-39(2,35)36)32-25(24(29-27(32)38)20-9-3-4-13-28-20)22-10-6-14-31(22)18-8-5-7-17(15-18)26(33)34/h3-16,24-25,30H,1-2H3,(H,29,38)(H,33,34)/t24-,25-/m1/s1. The van der Waals surface area contributed by atoms with Gasteiger partial charge in [-0.15, -0.1) is 0 Å². The molecule has 0 radical (unpaired) electrons. The summed E-state index contributed by atoms with van der Waals surface area (Å²) in [7, 11) is -2.13. The smallest absolute Gasteiger partial charge is 0.335 e. The van der Waals surface area contributed by atoms with E-state index < -0.39 is 22.0 Å². The average molecular weight is 564 g/mol. The summed E-state index contributed by atoms with van der Waals surface area (Å²) in [5.41, 5.74) is 3.29. The summed E-state index contributed by atoms with van der Waals surface area (Å²) in [6.45, 7) is 0. The molecule has 2 aromatic heterocycles. The highest BCUT2D eigenvalue weighted by Crippen LogP contribution is 2.44. The predicted octanol–water partition coefficient (Wildman–Crippen LogP) is 4.13. The van der Waals surface area contributed by atoms with E-state index in [1.54, 1.807) is 36.5 Å². The Morgan fingerprint density at radius 1 is 1.08 bits per heavy atom. The number of anilines is 2. The fraction of sp³-hybridized carbons (Fsp3) is 0.148. The third-order valence-electron chi connectivity index (χ3n) is 6.31. The summed E-state index contributed by atoms with van der Waals surface area (Å²) < 4.78 is 33.9. The molecule has 200 valence electrons. The number of hydrogen-bond donors (Lipinski definition) is 3. The van der Waals surface area contributed by atoms with E-state index >= 15 is 0 Å². The minimum Gasteiger partial charge on any atom is -0.495 e. The Bertz CT molecular complexity index is 1660. The van der Waals surface area contributed by atoms with Gasteiger partial charge < -0.3 is 24.6 Å². The van der Waals surface area contributed by atoms with Crippen LogP contribution in [0.4, 0.5) is 11.4 Å². The Labute approximate surface area is 230 Å². The van der Waals surface area contributed by atoms with Crippen molar-refractivity contribution in [3.8, 4) is 11.4 Å². The lowest BCUT2D eigenvalue weighted by Crippen LogP contribution is -2.30. The number of carboxylic acids is 1. The van der Waals surface area contributed by atoms with E-state index in [0.717, 1.165) is 17.6 Å². The zero-order valence-electron chi connectivity index (χ0n) is 21.0. The van der Waals surface area contributed by atoms with Crippen LogP contribution >= 0.6 is 12.2 Å². The molecule has 1 aliphatic rings. The van der Waals surface area contributed by atoms with Crippen molar-refractivity contribution in [1.29, 1.82) is 0 Å². The number of carbonyl (C=O) groups is 1. The van der Waals surface area contributed by atoms with Crippen molar-refractivity contribution in [1.82, 2.24) is 14.9 Å². The fourth-order valence-electron chi connectivity index (χ4n) is 4.72. The molecule has 2 atom stereocenters. The topological polar surface area (TPSA) is 126 Å². The summed E-state index contributed by atoms with van der Waals surface area (Å²) in [5, 5.41) is 13.3. The molecule has 0 bridgehead atoms. The maximum absolute atomic E-state index is 12.1. The first-order valence-electron chi connectivity index (χ1n) is 11.8. The molecule has 3 heterocycles. The maximum atomic E-state index is 12.1. The lowest BCUT2D eigenvalue weighted by Gasteiger charge is -2.29. The third-order valence-corrected chi connectivity index (χ3v) is 7.21. The van der Waals surface area contributed by atoms with E-state index in [1.165, 1.54) is 13.2 Å². The van der Waals surface area contributed by atoms with Gasteiger partial charge in [0, 0.05) is 29.5 Å². The van der Waals surface area contributed by atoms with Gasteiger partial charge in [0.05, 0.1) is 36.4 Å². The number of nitrogens with zero attached hydrogens (tertiary/aromatic N) is 3. The van der Waals surface area contributed by atoms with Crippen molar-refractivity contribution in [2.24, 2.45) is 0 Å². The highest BCUT2D eigenvalue weighted by atomic mass is 32.2. The molecule has 2 aromatic carbocycles. The molecule has 0 amide bonds. The second kappa shape index (κ2) is 10.4. The van der Waals surface area contributed by atoms with Crippen LogP contribution in [-0.2, 0) is 10.0 Å². The van der Waals surface area contributed by atoms with Gasteiger partial charge in [-0.3, -0.25) is 9.71 Å². The molecule has 0 aliphatic carbocycles. The Morgan fingerprint density at radius 3 is 2.59 bits per heavy atom. The number of rotatable bonds is 8. The molecular weight excluding hydrogens is 538 g/mol. The Kier molecular flexibility index (Phi) is 6.98. The highest BCUT2D eigenvalue weighted by Gasteiger charge is 2.42. The Balaban J connectivity index is 1.67. The van der Waals surface area contributed by atoms with Crippen LogP contribution in [0.1, 0.15) is 33.8 Å². The zero-order valence-corrected chi connectivity index (χ0v) is 22.6. The first kappa shape index (κ1) is 26.2. The van der Waals surface area contributed by atoms with Gasteiger partial charge in [-0.05, 0) is 72.9 Å². The number of nitrogens with one attached hydrogen (secondary N) is 2. The highest BCUT2D eigenvalue weighted by molar-refractivity contribution is 7.92. The van der Waals surface area contributed by atoms with Crippen LogP contribution < -0.4 is 19.7 Å². The van der Waals surface area contributed by atoms with Crippen molar-refractivity contribution < 1.29 is 23.1 Å². The van der Waals surface area contributed by atoms with Crippen LogP contribution in [0.5, 0.6) is 5.75 Å². The normalized spacial score (nSPS) is 17.1. The van der Waals surface area contributed by atoms with E-state index in [2.05, 4.69) is 15.0 Å². The minimum absolute atomic E-state index is 0.164. The third kappa shape index (κ3) is 5.29. The average Bonchev–Trinajstić information content (AvgIpc) is 3.52. The van der Waals surface area contributed by atoms with Gasteiger partial charge in [0.25, 0.3) is 0 Å². The number of sulfonamides is 1. The summed E-state index contributed by atoms with van der Waals surface area (Å²) in [4.78, 5) is 18.1. The summed E-state index contributed by atoms with van der Waals surface area (Å²) >= 11 is 5.81. The molecule has 4 aromatic rings. The zero-order chi connectivity index (χ0) is 27.7. The molecule has 0 saturated carbocycles. The van der Waals surface area contributed by atoms with Crippen LogP contribution in [0.2, 0.25) is 0 Å². The van der Waals surface area contributed by atoms with Crippen molar-refractivity contribution >= 4 is 44.7 Å². The van der Waals surface area contributed by atoms with Crippen molar-refractivity contribution in [3.05, 3.63) is 102 Å².